The van der Waals surface area contributed by atoms with Crippen molar-refractivity contribution in [2.45, 2.75) is 75.6 Å². The second-order valence-electron chi connectivity index (χ2n) is 10.5. The minimum atomic E-state index is -1.56. The Morgan fingerprint density at radius 1 is 0.800 bits per heavy atom. The summed E-state index contributed by atoms with van der Waals surface area (Å²) < 4.78 is 0. The third kappa shape index (κ3) is 10.1. The standard InChI is InChI=1S/C30H41N5O5/c31-23(16-20-10-4-1-5-11-20)28(38)35-25(18-26(32)36)29(39)34-24(17-21-12-6-2-7-13-21)27(37)30(40)33-19-22-14-8-3-9-15-22/h1-2,4-7,10-13,22-25,27,37H,3,8-9,14-19,31H2,(H2,32,36)(H,33,40)(H,34,39)(H,35,38)/t23-,24-,25-,27+/m0/s1. The number of nitrogens with one attached hydrogen (secondary N) is 3. The van der Waals surface area contributed by atoms with Crippen LogP contribution < -0.4 is 27.4 Å². The van der Waals surface area contributed by atoms with Gasteiger partial charge in [-0.3, -0.25) is 19.2 Å². The summed E-state index contributed by atoms with van der Waals surface area (Å²) in [7, 11) is 0. The molecule has 2 aromatic carbocycles. The zero-order valence-electron chi connectivity index (χ0n) is 22.8. The molecule has 10 heteroatoms. The molecule has 3 rings (SSSR count). The average molecular weight is 552 g/mol. The molecule has 0 aliphatic heterocycles. The van der Waals surface area contributed by atoms with Crippen LogP contribution >= 0.6 is 0 Å². The van der Waals surface area contributed by atoms with E-state index in [1.165, 1.54) is 6.42 Å². The molecule has 4 atom stereocenters. The number of rotatable bonds is 14. The summed E-state index contributed by atoms with van der Waals surface area (Å²) in [6.45, 7) is 0.460. The molecule has 1 aliphatic rings. The average Bonchev–Trinajstić information content (AvgIpc) is 2.96. The molecule has 1 fully saturated rings. The molecule has 0 aromatic heterocycles. The molecule has 0 bridgehead atoms. The van der Waals surface area contributed by atoms with Gasteiger partial charge in [0.15, 0.2) is 6.10 Å². The van der Waals surface area contributed by atoms with Gasteiger partial charge in [-0.2, -0.15) is 0 Å². The summed E-state index contributed by atoms with van der Waals surface area (Å²) in [6.07, 6.45) is 3.84. The zero-order chi connectivity index (χ0) is 28.9. The molecule has 0 saturated heterocycles. The van der Waals surface area contributed by atoms with Crippen molar-refractivity contribution in [3.63, 3.8) is 0 Å². The SMILES string of the molecule is NC(=O)C[C@H](NC(=O)[C@@H](N)Cc1ccccc1)C(=O)N[C@@H](Cc1ccccc1)[C@@H](O)C(=O)NCC1CCCCC1. The van der Waals surface area contributed by atoms with Crippen molar-refractivity contribution in [2.75, 3.05) is 6.54 Å². The maximum Gasteiger partial charge on any atom is 0.251 e. The van der Waals surface area contributed by atoms with Crippen LogP contribution in [0.15, 0.2) is 60.7 Å². The molecule has 1 saturated carbocycles. The number of benzene rings is 2. The highest BCUT2D eigenvalue weighted by molar-refractivity contribution is 5.93. The summed E-state index contributed by atoms with van der Waals surface area (Å²) >= 11 is 0. The fourth-order valence-electron chi connectivity index (χ4n) is 4.97. The van der Waals surface area contributed by atoms with Gasteiger partial charge in [-0.25, -0.2) is 0 Å². The van der Waals surface area contributed by atoms with Crippen LogP contribution in [0.4, 0.5) is 0 Å². The maximum absolute atomic E-state index is 13.3. The van der Waals surface area contributed by atoms with Gasteiger partial charge >= 0.3 is 0 Å². The van der Waals surface area contributed by atoms with Gasteiger partial charge in [0.2, 0.25) is 17.7 Å². The van der Waals surface area contributed by atoms with Crippen molar-refractivity contribution in [3.8, 4) is 0 Å². The Morgan fingerprint density at radius 2 is 1.38 bits per heavy atom. The van der Waals surface area contributed by atoms with Crippen LogP contribution in [0.3, 0.4) is 0 Å². The van der Waals surface area contributed by atoms with E-state index >= 15 is 0 Å². The van der Waals surface area contributed by atoms with E-state index < -0.39 is 54.3 Å². The highest BCUT2D eigenvalue weighted by atomic mass is 16.3. The first-order valence-electron chi connectivity index (χ1n) is 13.9. The largest absolute Gasteiger partial charge is 0.381 e. The lowest BCUT2D eigenvalue weighted by Gasteiger charge is -2.28. The van der Waals surface area contributed by atoms with E-state index in [0.29, 0.717) is 12.5 Å². The van der Waals surface area contributed by atoms with Gasteiger partial charge in [0.25, 0.3) is 5.91 Å². The van der Waals surface area contributed by atoms with E-state index in [1.807, 2.05) is 60.7 Å². The highest BCUT2D eigenvalue weighted by Crippen LogP contribution is 2.22. The van der Waals surface area contributed by atoms with Crippen LogP contribution in [-0.2, 0) is 32.0 Å². The second kappa shape index (κ2) is 15.7. The topological polar surface area (TPSA) is 177 Å². The van der Waals surface area contributed by atoms with Crippen LogP contribution in [0.25, 0.3) is 0 Å². The second-order valence-corrected chi connectivity index (χ2v) is 10.5. The number of primary amides is 1. The number of carbonyl (C=O) groups is 4. The first kappa shape index (κ1) is 30.8. The van der Waals surface area contributed by atoms with Crippen LogP contribution in [0, 0.1) is 5.92 Å². The predicted octanol–water partition coefficient (Wildman–Crippen LogP) is 0.702. The third-order valence-electron chi connectivity index (χ3n) is 7.24. The van der Waals surface area contributed by atoms with E-state index in [4.69, 9.17) is 11.5 Å². The van der Waals surface area contributed by atoms with Crippen LogP contribution in [0.2, 0.25) is 0 Å². The molecule has 0 radical (unpaired) electrons. The normalized spacial score (nSPS) is 16.6. The Labute approximate surface area is 235 Å². The first-order chi connectivity index (χ1) is 19.2. The molecule has 1 aliphatic carbocycles. The van der Waals surface area contributed by atoms with E-state index in [2.05, 4.69) is 16.0 Å². The molecule has 4 amide bonds. The van der Waals surface area contributed by atoms with Crippen molar-refractivity contribution in [1.82, 2.24) is 16.0 Å². The van der Waals surface area contributed by atoms with E-state index in [0.717, 1.165) is 36.8 Å². The minimum Gasteiger partial charge on any atom is -0.381 e. The molecular weight excluding hydrogens is 510 g/mol. The lowest BCUT2D eigenvalue weighted by Crippen LogP contribution is -2.58. The van der Waals surface area contributed by atoms with Gasteiger partial charge in [0, 0.05) is 6.54 Å². The Bertz CT molecular complexity index is 1110. The summed E-state index contributed by atoms with van der Waals surface area (Å²) in [4.78, 5) is 50.8. The molecule has 0 spiro atoms. The Hall–Kier alpha value is -3.76. The fourth-order valence-corrected chi connectivity index (χ4v) is 4.97. The van der Waals surface area contributed by atoms with Crippen molar-refractivity contribution in [2.24, 2.45) is 17.4 Å². The van der Waals surface area contributed by atoms with E-state index in [1.54, 1.807) is 0 Å². The van der Waals surface area contributed by atoms with Gasteiger partial charge in [0.05, 0.1) is 18.5 Å². The van der Waals surface area contributed by atoms with Gasteiger partial charge in [-0.15, -0.1) is 0 Å². The zero-order valence-corrected chi connectivity index (χ0v) is 22.8. The maximum atomic E-state index is 13.3. The van der Waals surface area contributed by atoms with Gasteiger partial charge in [0.1, 0.15) is 6.04 Å². The molecular formula is C30H41N5O5. The summed E-state index contributed by atoms with van der Waals surface area (Å²) in [5.41, 5.74) is 13.0. The van der Waals surface area contributed by atoms with Gasteiger partial charge in [-0.05, 0) is 42.7 Å². The quantitative estimate of drug-likeness (QED) is 0.201. The number of hydrogen-bond donors (Lipinski definition) is 6. The fraction of sp³-hybridized carbons (Fsp3) is 0.467. The summed E-state index contributed by atoms with van der Waals surface area (Å²) in [5, 5.41) is 19.0. The molecule has 10 nitrogen and oxygen atoms in total. The molecule has 0 unspecified atom stereocenters. The predicted molar refractivity (Wildman–Crippen MR) is 152 cm³/mol. The highest BCUT2D eigenvalue weighted by Gasteiger charge is 2.32. The Balaban J connectivity index is 1.68. The Morgan fingerprint density at radius 3 is 1.95 bits per heavy atom. The van der Waals surface area contributed by atoms with Crippen LogP contribution in [0.5, 0.6) is 0 Å². The molecule has 8 N–H and O–H groups in total. The molecule has 216 valence electrons. The van der Waals surface area contributed by atoms with Crippen molar-refractivity contribution in [3.05, 3.63) is 71.8 Å². The minimum absolute atomic E-state index is 0.148. The number of aliphatic hydroxyl groups excluding tert-OH is 1. The lowest BCUT2D eigenvalue weighted by atomic mass is 9.89. The molecule has 40 heavy (non-hydrogen) atoms. The number of hydrogen-bond acceptors (Lipinski definition) is 6. The molecule has 2 aromatic rings. The number of nitrogens with two attached hydrogens (primary N) is 2. The first-order valence-corrected chi connectivity index (χ1v) is 13.9. The number of amides is 4. The number of aliphatic hydroxyl groups is 1. The van der Waals surface area contributed by atoms with E-state index in [9.17, 15) is 24.3 Å². The van der Waals surface area contributed by atoms with Crippen molar-refractivity contribution >= 4 is 23.6 Å². The molecule has 0 heterocycles. The summed E-state index contributed by atoms with van der Waals surface area (Å²) in [6, 6.07) is 14.9. The van der Waals surface area contributed by atoms with Crippen molar-refractivity contribution < 1.29 is 24.3 Å². The number of carbonyl (C=O) groups excluding carboxylic acids is 4. The smallest absolute Gasteiger partial charge is 0.251 e. The van der Waals surface area contributed by atoms with Crippen molar-refractivity contribution in [1.29, 1.82) is 0 Å². The van der Waals surface area contributed by atoms with E-state index in [-0.39, 0.29) is 12.8 Å². The van der Waals surface area contributed by atoms with Gasteiger partial charge < -0.3 is 32.5 Å². The third-order valence-corrected chi connectivity index (χ3v) is 7.24. The van der Waals surface area contributed by atoms with Crippen LogP contribution in [-0.4, -0.2) is 59.5 Å². The van der Waals surface area contributed by atoms with Crippen LogP contribution in [0.1, 0.15) is 49.7 Å². The monoisotopic (exact) mass is 551 g/mol. The Kier molecular flexibility index (Phi) is 12.1. The summed E-state index contributed by atoms with van der Waals surface area (Å²) in [5.74, 6) is -2.41. The lowest BCUT2D eigenvalue weighted by molar-refractivity contribution is -0.135. The van der Waals surface area contributed by atoms with Gasteiger partial charge in [-0.1, -0.05) is 79.9 Å².